The van der Waals surface area contributed by atoms with Crippen LogP contribution >= 0.6 is 0 Å². The predicted octanol–water partition coefficient (Wildman–Crippen LogP) is 1.40. The Bertz CT molecular complexity index is 454. The molecule has 1 aromatic carbocycles. The van der Waals surface area contributed by atoms with Gasteiger partial charge in [0, 0.05) is 11.8 Å². The average molecular weight is 231 g/mol. The number of aromatic nitrogens is 1. The first kappa shape index (κ1) is 11.2. The molecule has 1 heterocycles. The summed E-state index contributed by atoms with van der Waals surface area (Å²) in [6, 6.07) is 11.3. The molecule has 0 atom stereocenters. The van der Waals surface area contributed by atoms with Crippen molar-refractivity contribution in [3.63, 3.8) is 0 Å². The molecule has 0 radical (unpaired) electrons. The highest BCUT2D eigenvalue weighted by atomic mass is 16.5. The van der Waals surface area contributed by atoms with Gasteiger partial charge in [0.2, 0.25) is 5.91 Å². The third-order valence-electron chi connectivity index (χ3n) is 2.18. The Balaban J connectivity index is 1.71. The number of para-hydroxylation sites is 1. The van der Waals surface area contributed by atoms with E-state index < -0.39 is 0 Å². The number of anilines is 1. The van der Waals surface area contributed by atoms with Gasteiger partial charge >= 0.3 is 0 Å². The van der Waals surface area contributed by atoms with E-state index >= 15 is 0 Å². The van der Waals surface area contributed by atoms with Crippen LogP contribution in [0.5, 0.6) is 0 Å². The fourth-order valence-electron chi connectivity index (χ4n) is 1.32. The standard InChI is InChI=1S/C12H13N3O2/c16-12(14-8-11-6-7-17-15-11)9-13-10-4-2-1-3-5-10/h1-7,13H,8-9H2,(H,14,16). The smallest absolute Gasteiger partial charge is 0.239 e. The van der Waals surface area contributed by atoms with E-state index in [-0.39, 0.29) is 12.5 Å². The molecule has 0 aliphatic carbocycles. The molecule has 0 saturated carbocycles. The second-order valence-electron chi connectivity index (χ2n) is 3.49. The maximum atomic E-state index is 11.5. The summed E-state index contributed by atoms with van der Waals surface area (Å²) in [5.41, 5.74) is 1.63. The molecule has 0 saturated heterocycles. The summed E-state index contributed by atoms with van der Waals surface area (Å²) in [5.74, 6) is -0.0862. The summed E-state index contributed by atoms with van der Waals surface area (Å²) in [6.45, 7) is 0.619. The Kier molecular flexibility index (Phi) is 3.75. The van der Waals surface area contributed by atoms with E-state index in [9.17, 15) is 4.79 Å². The number of amides is 1. The molecule has 0 fully saturated rings. The molecule has 2 aromatic rings. The van der Waals surface area contributed by atoms with Gasteiger partial charge in [0.15, 0.2) is 0 Å². The Morgan fingerprint density at radius 2 is 2.06 bits per heavy atom. The summed E-state index contributed by atoms with van der Waals surface area (Å²) < 4.78 is 4.66. The molecule has 0 bridgehead atoms. The number of nitrogens with zero attached hydrogens (tertiary/aromatic N) is 1. The summed E-state index contributed by atoms with van der Waals surface area (Å²) >= 11 is 0. The zero-order chi connectivity index (χ0) is 11.9. The van der Waals surface area contributed by atoms with Crippen molar-refractivity contribution in [2.24, 2.45) is 0 Å². The van der Waals surface area contributed by atoms with Crippen LogP contribution in [0.2, 0.25) is 0 Å². The minimum absolute atomic E-state index is 0.0862. The van der Waals surface area contributed by atoms with Gasteiger partial charge in [-0.3, -0.25) is 4.79 Å². The molecule has 1 aromatic heterocycles. The van der Waals surface area contributed by atoms with Crippen molar-refractivity contribution in [2.45, 2.75) is 6.54 Å². The number of hydrogen-bond acceptors (Lipinski definition) is 4. The number of hydrogen-bond donors (Lipinski definition) is 2. The number of carbonyl (C=O) groups is 1. The minimum atomic E-state index is -0.0862. The fraction of sp³-hybridized carbons (Fsp3) is 0.167. The lowest BCUT2D eigenvalue weighted by molar-refractivity contribution is -0.119. The molecule has 0 aliphatic rings. The zero-order valence-electron chi connectivity index (χ0n) is 9.22. The van der Waals surface area contributed by atoms with Gasteiger partial charge in [-0.05, 0) is 12.1 Å². The third-order valence-corrected chi connectivity index (χ3v) is 2.18. The topological polar surface area (TPSA) is 67.2 Å². The lowest BCUT2D eigenvalue weighted by atomic mass is 10.3. The summed E-state index contributed by atoms with van der Waals surface area (Å²) in [7, 11) is 0. The Morgan fingerprint density at radius 3 is 2.76 bits per heavy atom. The van der Waals surface area contributed by atoms with E-state index in [2.05, 4.69) is 20.3 Å². The van der Waals surface area contributed by atoms with E-state index in [4.69, 9.17) is 0 Å². The van der Waals surface area contributed by atoms with Crippen molar-refractivity contribution in [2.75, 3.05) is 11.9 Å². The monoisotopic (exact) mass is 231 g/mol. The molecule has 0 unspecified atom stereocenters. The highest BCUT2D eigenvalue weighted by molar-refractivity contribution is 5.80. The fourth-order valence-corrected chi connectivity index (χ4v) is 1.32. The van der Waals surface area contributed by atoms with Crippen molar-refractivity contribution in [3.05, 3.63) is 48.4 Å². The molecular formula is C12H13N3O2. The summed E-state index contributed by atoms with van der Waals surface area (Å²) in [6.07, 6.45) is 1.48. The molecule has 0 spiro atoms. The number of rotatable bonds is 5. The largest absolute Gasteiger partial charge is 0.376 e. The number of nitrogens with one attached hydrogen (secondary N) is 2. The van der Waals surface area contributed by atoms with E-state index in [1.165, 1.54) is 6.26 Å². The Labute approximate surface area is 98.8 Å². The first-order chi connectivity index (χ1) is 8.34. The molecule has 0 aliphatic heterocycles. The van der Waals surface area contributed by atoms with Crippen LogP contribution in [0.15, 0.2) is 47.2 Å². The number of carbonyl (C=O) groups excluding carboxylic acids is 1. The normalized spacial score (nSPS) is 9.88. The van der Waals surface area contributed by atoms with Crippen LogP contribution in [0.1, 0.15) is 5.69 Å². The van der Waals surface area contributed by atoms with Crippen molar-refractivity contribution < 1.29 is 9.32 Å². The van der Waals surface area contributed by atoms with Crippen LogP contribution in [0.3, 0.4) is 0 Å². The lowest BCUT2D eigenvalue weighted by Gasteiger charge is -2.06. The Morgan fingerprint density at radius 1 is 1.24 bits per heavy atom. The van der Waals surface area contributed by atoms with Gasteiger partial charge in [-0.2, -0.15) is 0 Å². The quantitative estimate of drug-likeness (QED) is 0.816. The van der Waals surface area contributed by atoms with Crippen molar-refractivity contribution >= 4 is 11.6 Å². The van der Waals surface area contributed by atoms with Crippen molar-refractivity contribution in [1.82, 2.24) is 10.5 Å². The van der Waals surface area contributed by atoms with Crippen LogP contribution in [-0.2, 0) is 11.3 Å². The van der Waals surface area contributed by atoms with Crippen LogP contribution in [-0.4, -0.2) is 17.6 Å². The summed E-state index contributed by atoms with van der Waals surface area (Å²) in [5, 5.41) is 9.45. The SMILES string of the molecule is O=C(CNc1ccccc1)NCc1ccon1. The summed E-state index contributed by atoms with van der Waals surface area (Å²) in [4.78, 5) is 11.5. The first-order valence-electron chi connectivity index (χ1n) is 5.29. The van der Waals surface area contributed by atoms with Crippen molar-refractivity contribution in [3.8, 4) is 0 Å². The molecule has 88 valence electrons. The van der Waals surface area contributed by atoms with E-state index in [1.807, 2.05) is 30.3 Å². The molecule has 5 heteroatoms. The minimum Gasteiger partial charge on any atom is -0.376 e. The van der Waals surface area contributed by atoms with Crippen molar-refractivity contribution in [1.29, 1.82) is 0 Å². The highest BCUT2D eigenvalue weighted by Crippen LogP contribution is 2.03. The molecule has 5 nitrogen and oxygen atoms in total. The molecular weight excluding hydrogens is 218 g/mol. The molecule has 17 heavy (non-hydrogen) atoms. The van der Waals surface area contributed by atoms with Gasteiger partial charge in [0.1, 0.15) is 12.0 Å². The van der Waals surface area contributed by atoms with Crippen LogP contribution < -0.4 is 10.6 Å². The van der Waals surface area contributed by atoms with E-state index in [1.54, 1.807) is 6.07 Å². The molecule has 2 rings (SSSR count). The predicted molar refractivity (Wildman–Crippen MR) is 63.3 cm³/mol. The Hall–Kier alpha value is -2.30. The molecule has 1 amide bonds. The van der Waals surface area contributed by atoms with Gasteiger partial charge < -0.3 is 15.2 Å². The highest BCUT2D eigenvalue weighted by Gasteiger charge is 2.02. The molecule has 2 N–H and O–H groups in total. The first-order valence-corrected chi connectivity index (χ1v) is 5.29. The third kappa shape index (κ3) is 3.64. The second-order valence-corrected chi connectivity index (χ2v) is 3.49. The second kappa shape index (κ2) is 5.69. The van der Waals surface area contributed by atoms with Gasteiger partial charge in [0.05, 0.1) is 13.1 Å². The van der Waals surface area contributed by atoms with Gasteiger partial charge in [-0.15, -0.1) is 0 Å². The van der Waals surface area contributed by atoms with E-state index in [0.29, 0.717) is 12.2 Å². The maximum absolute atomic E-state index is 11.5. The van der Waals surface area contributed by atoms with Gasteiger partial charge in [0.25, 0.3) is 0 Å². The maximum Gasteiger partial charge on any atom is 0.239 e. The van der Waals surface area contributed by atoms with Gasteiger partial charge in [-0.25, -0.2) is 0 Å². The van der Waals surface area contributed by atoms with E-state index in [0.717, 1.165) is 5.69 Å². The van der Waals surface area contributed by atoms with Gasteiger partial charge in [-0.1, -0.05) is 23.4 Å². The van der Waals surface area contributed by atoms with Crippen LogP contribution in [0.4, 0.5) is 5.69 Å². The number of benzene rings is 1. The lowest BCUT2D eigenvalue weighted by Crippen LogP contribution is -2.29. The van der Waals surface area contributed by atoms with Crippen LogP contribution in [0, 0.1) is 0 Å². The average Bonchev–Trinajstić information content (AvgIpc) is 2.88. The van der Waals surface area contributed by atoms with Crippen LogP contribution in [0.25, 0.3) is 0 Å². The zero-order valence-corrected chi connectivity index (χ0v) is 9.22.